The fourth-order valence-electron chi connectivity index (χ4n) is 8.92. The van der Waals surface area contributed by atoms with Gasteiger partial charge >= 0.3 is 36.4 Å². The van der Waals surface area contributed by atoms with E-state index in [0.29, 0.717) is 22.5 Å². The van der Waals surface area contributed by atoms with Crippen LogP contribution in [0.25, 0.3) is 0 Å². The molecule has 0 saturated heterocycles. The number of nitrogens with one attached hydrogen (secondary N) is 12. The van der Waals surface area contributed by atoms with Gasteiger partial charge in [-0.05, 0) is 114 Å². The predicted octanol–water partition coefficient (Wildman–Crippen LogP) is 1.92. The van der Waals surface area contributed by atoms with Crippen molar-refractivity contribution < 1.29 is 86.1 Å². The molecule has 0 fully saturated rings. The summed E-state index contributed by atoms with van der Waals surface area (Å²) in [6.07, 6.45) is -0.627. The van der Waals surface area contributed by atoms with E-state index in [1.165, 1.54) is 0 Å². The van der Waals surface area contributed by atoms with Crippen LogP contribution < -0.4 is 75.3 Å². The summed E-state index contributed by atoms with van der Waals surface area (Å²) < 4.78 is 20.8. The number of ether oxygens (including phenoxy) is 4. The third-order valence-electron chi connectivity index (χ3n) is 13.9. The Bertz CT molecular complexity index is 2880. The van der Waals surface area contributed by atoms with Crippen molar-refractivity contribution in [1.82, 2.24) is 63.0 Å². The molecule has 2 aromatic carbocycles. The minimum Gasteiger partial charge on any atom is -0.445 e. The maximum Gasteiger partial charge on any atom is 0.407 e. The molecule has 0 aliphatic carbocycles. The maximum absolute atomic E-state index is 14.0. The van der Waals surface area contributed by atoms with Gasteiger partial charge in [0, 0.05) is 102 Å². The molecular weight excluding hydrogens is 1280 g/mol. The molecule has 0 saturated carbocycles. The number of alkyl carbamates (subject to hydrolysis) is 4. The number of nitrogens with zero attached hydrogens (tertiary/aromatic N) is 2. The zero-order valence-corrected chi connectivity index (χ0v) is 57.4. The molecule has 2 aromatic rings. The Labute approximate surface area is 569 Å². The number of rotatable bonds is 39. The molecule has 542 valence electrons. The van der Waals surface area contributed by atoms with Crippen molar-refractivity contribution in [2.75, 3.05) is 76.1 Å². The molecule has 34 heteroatoms. The molecule has 16 amide bonds. The molecule has 1 aliphatic rings. The van der Waals surface area contributed by atoms with E-state index < -0.39 is 131 Å². The predicted molar refractivity (Wildman–Crippen MR) is 358 cm³/mol. The van der Waals surface area contributed by atoms with Crippen molar-refractivity contribution >= 4 is 95.1 Å². The first-order valence-corrected chi connectivity index (χ1v) is 32.1. The number of primary amides is 2. The Hall–Kier alpha value is -10.3. The summed E-state index contributed by atoms with van der Waals surface area (Å²) in [6.45, 7) is 17.0. The standard InChI is InChI=1S/C64H98N16O18/c1-39(2)51(55(87)75-45(13-11-27-67-57(65)89)53(85)73-43-19-15-41(16-20-43)37-95-59(91)69-29-31-71-61(93)97-63(5,6)7)77-47(81)25-33-79(35-36-80-49(83)23-24-50(80)84)34-26-48(82)78-52(40(3)4)56(88)76-46(14-12-28-68-58(66)90)54(86)74-44-21-17-42(18-22-44)38-96-60(92)70-30-32-72-62(94)98-64(8,9)10/h15-24,39-40,45-46,51-52H,11-14,25-38H2,1-10H3,(H,69,91)(H,70,92)(H,71,93)(H,72,94)(H,73,85)(H,74,86)(H,75,87)(H,76,88)(H,77,81)(H,78,82)(H3,65,67,89)(H3,66,68,90)/t45-,46-,51-,52-/m0/s1. The second-order valence-corrected chi connectivity index (χ2v) is 25.3. The minimum absolute atomic E-state index is 0.00203. The van der Waals surface area contributed by atoms with E-state index >= 15 is 0 Å². The van der Waals surface area contributed by atoms with Crippen LogP contribution in [-0.4, -0.2) is 194 Å². The van der Waals surface area contributed by atoms with E-state index in [-0.39, 0.29) is 117 Å². The SMILES string of the molecule is CC(C)[C@H](NC(=O)CCN(CCC(=O)N[C@H](C(=O)N[C@@H](CCCNC(N)=O)C(=O)Nc1ccc(COC(=O)NCCNC(=O)OC(C)(C)C)cc1)C(C)C)CCN1C(=O)C=CC1=O)C(=O)N[C@@H](CCCNC(N)=O)C(=O)Nc1ccc(COC(=O)NCCNC(=O)OC(C)(C)C)cc1. The first kappa shape index (κ1) is 82.0. The number of anilines is 2. The third kappa shape index (κ3) is 34.4. The van der Waals surface area contributed by atoms with Crippen molar-refractivity contribution in [2.45, 2.75) is 156 Å². The lowest BCUT2D eigenvalue weighted by Gasteiger charge is -2.27. The van der Waals surface area contributed by atoms with Crippen LogP contribution >= 0.6 is 0 Å². The van der Waals surface area contributed by atoms with E-state index in [1.54, 1.807) is 123 Å². The number of imide groups is 1. The van der Waals surface area contributed by atoms with Gasteiger partial charge in [-0.2, -0.15) is 0 Å². The van der Waals surface area contributed by atoms with Gasteiger partial charge in [0.05, 0.1) is 0 Å². The summed E-state index contributed by atoms with van der Waals surface area (Å²) in [5.74, 6) is -6.11. The molecule has 0 radical (unpaired) electrons. The maximum atomic E-state index is 14.0. The highest BCUT2D eigenvalue weighted by Crippen LogP contribution is 2.17. The van der Waals surface area contributed by atoms with Crippen LogP contribution in [0, 0.1) is 11.8 Å². The Morgan fingerprint density at radius 3 is 1.13 bits per heavy atom. The molecule has 4 atom stereocenters. The summed E-state index contributed by atoms with van der Waals surface area (Å²) in [5, 5.41) is 31.3. The van der Waals surface area contributed by atoms with Gasteiger partial charge in [-0.1, -0.05) is 52.0 Å². The molecule has 34 nitrogen and oxygen atoms in total. The first-order chi connectivity index (χ1) is 46.1. The summed E-state index contributed by atoms with van der Waals surface area (Å²) >= 11 is 0. The zero-order valence-electron chi connectivity index (χ0n) is 57.4. The van der Waals surface area contributed by atoms with Crippen molar-refractivity contribution in [1.29, 1.82) is 0 Å². The van der Waals surface area contributed by atoms with Crippen LogP contribution in [0.2, 0.25) is 0 Å². The Kier molecular flexibility index (Phi) is 34.8. The Balaban J connectivity index is 1.66. The molecule has 0 spiro atoms. The average Bonchev–Trinajstić information content (AvgIpc) is 1.32. The number of urea groups is 2. The minimum atomic E-state index is -1.19. The highest BCUT2D eigenvalue weighted by molar-refractivity contribution is 6.13. The molecule has 3 rings (SSSR count). The fourth-order valence-corrected chi connectivity index (χ4v) is 8.92. The number of carbonyl (C=O) groups is 14. The van der Waals surface area contributed by atoms with E-state index in [0.717, 1.165) is 17.1 Å². The quantitative estimate of drug-likeness (QED) is 0.0258. The molecule has 16 N–H and O–H groups in total. The second-order valence-electron chi connectivity index (χ2n) is 25.3. The van der Waals surface area contributed by atoms with Gasteiger partial charge in [0.1, 0.15) is 48.6 Å². The molecular formula is C64H98N16O18. The van der Waals surface area contributed by atoms with Gasteiger partial charge in [-0.15, -0.1) is 0 Å². The van der Waals surface area contributed by atoms with Crippen molar-refractivity contribution in [3.8, 4) is 0 Å². The summed E-state index contributed by atoms with van der Waals surface area (Å²) in [7, 11) is 0. The van der Waals surface area contributed by atoms with Crippen LogP contribution in [-0.2, 0) is 70.5 Å². The van der Waals surface area contributed by atoms with Gasteiger partial charge in [-0.25, -0.2) is 28.8 Å². The van der Waals surface area contributed by atoms with Gasteiger partial charge in [0.25, 0.3) is 11.8 Å². The number of amides is 16. The summed E-state index contributed by atoms with van der Waals surface area (Å²) in [5.41, 5.74) is 10.9. The molecule has 0 unspecified atom stereocenters. The smallest absolute Gasteiger partial charge is 0.407 e. The van der Waals surface area contributed by atoms with Crippen LogP contribution in [0.5, 0.6) is 0 Å². The highest BCUT2D eigenvalue weighted by Gasteiger charge is 2.32. The molecule has 0 bridgehead atoms. The van der Waals surface area contributed by atoms with Gasteiger partial charge in [-0.3, -0.25) is 43.3 Å². The Morgan fingerprint density at radius 1 is 0.459 bits per heavy atom. The van der Waals surface area contributed by atoms with Crippen LogP contribution in [0.15, 0.2) is 60.7 Å². The van der Waals surface area contributed by atoms with E-state index in [1.807, 2.05) is 0 Å². The van der Waals surface area contributed by atoms with Crippen LogP contribution in [0.3, 0.4) is 0 Å². The van der Waals surface area contributed by atoms with E-state index in [9.17, 15) is 67.1 Å². The lowest BCUT2D eigenvalue weighted by molar-refractivity contribution is -0.137. The number of hydrogen-bond donors (Lipinski definition) is 14. The van der Waals surface area contributed by atoms with E-state index in [4.69, 9.17) is 30.4 Å². The van der Waals surface area contributed by atoms with Gasteiger partial charge < -0.3 is 99.1 Å². The number of nitrogens with two attached hydrogens (primary N) is 2. The third-order valence-corrected chi connectivity index (χ3v) is 13.9. The molecule has 1 aliphatic heterocycles. The fraction of sp³-hybridized carbons (Fsp3) is 0.562. The van der Waals surface area contributed by atoms with Crippen molar-refractivity contribution in [3.05, 3.63) is 71.8 Å². The largest absolute Gasteiger partial charge is 0.445 e. The second kappa shape index (κ2) is 41.6. The topological polar surface area (TPSA) is 479 Å². The Morgan fingerprint density at radius 2 is 0.806 bits per heavy atom. The zero-order chi connectivity index (χ0) is 73.1. The van der Waals surface area contributed by atoms with Crippen molar-refractivity contribution in [3.63, 3.8) is 0 Å². The van der Waals surface area contributed by atoms with Crippen molar-refractivity contribution in [2.24, 2.45) is 23.3 Å². The average molecular weight is 1380 g/mol. The monoisotopic (exact) mass is 1380 g/mol. The van der Waals surface area contributed by atoms with Gasteiger partial charge in [0.15, 0.2) is 0 Å². The van der Waals surface area contributed by atoms with Crippen LogP contribution in [0.1, 0.15) is 119 Å². The van der Waals surface area contributed by atoms with Gasteiger partial charge in [0.2, 0.25) is 35.4 Å². The molecule has 0 aromatic heterocycles. The number of hydrogen-bond acceptors (Lipinski definition) is 19. The lowest BCUT2D eigenvalue weighted by Crippen LogP contribution is -2.55. The first-order valence-electron chi connectivity index (χ1n) is 32.1. The number of benzene rings is 2. The van der Waals surface area contributed by atoms with E-state index in [2.05, 4.69) is 63.8 Å². The molecule has 98 heavy (non-hydrogen) atoms. The highest BCUT2D eigenvalue weighted by atomic mass is 16.6. The van der Waals surface area contributed by atoms with Crippen LogP contribution in [0.4, 0.5) is 40.1 Å². The summed E-state index contributed by atoms with van der Waals surface area (Å²) in [6, 6.07) is 6.24. The molecule has 1 heterocycles. The summed E-state index contributed by atoms with van der Waals surface area (Å²) in [4.78, 5) is 182. The number of carbonyl (C=O) groups excluding carboxylic acids is 14. The normalized spacial score (nSPS) is 13.2. The lowest BCUT2D eigenvalue weighted by atomic mass is 10.0.